The molecule has 0 saturated carbocycles. The van der Waals surface area contributed by atoms with Crippen LogP contribution in [0.15, 0.2) is 200 Å². The quantitative estimate of drug-likeness (QED) is 0.165. The van der Waals surface area contributed by atoms with E-state index in [9.17, 15) is 0 Å². The Bertz CT molecular complexity index is 3340. The van der Waals surface area contributed by atoms with E-state index in [-0.39, 0.29) is 0 Å². The van der Waals surface area contributed by atoms with Crippen molar-refractivity contribution in [2.24, 2.45) is 0 Å². The topological polar surface area (TPSA) is 25.8 Å². The van der Waals surface area contributed by atoms with E-state index in [4.69, 9.17) is 4.98 Å². The fourth-order valence-corrected chi connectivity index (χ4v) is 8.95. The smallest absolute Gasteiger partial charge is 0.0892 e. The van der Waals surface area contributed by atoms with Crippen molar-refractivity contribution in [2.45, 2.75) is 6.92 Å². The van der Waals surface area contributed by atoms with Gasteiger partial charge in [0.15, 0.2) is 0 Å². The van der Waals surface area contributed by atoms with E-state index in [2.05, 4.69) is 182 Å². The highest BCUT2D eigenvalue weighted by Crippen LogP contribution is 2.43. The van der Waals surface area contributed by atoms with Crippen LogP contribution in [0.3, 0.4) is 0 Å². The highest BCUT2D eigenvalue weighted by Gasteiger charge is 2.16. The maximum atomic E-state index is 4.93. The molecule has 266 valence electrons. The van der Waals surface area contributed by atoms with Gasteiger partial charge in [-0.25, -0.2) is 4.98 Å². The summed E-state index contributed by atoms with van der Waals surface area (Å²) in [7, 11) is 0. The first-order chi connectivity index (χ1) is 28.2. The van der Waals surface area contributed by atoms with Crippen LogP contribution in [0.25, 0.3) is 110 Å². The lowest BCUT2D eigenvalue weighted by molar-refractivity contribution is 1.21. The minimum absolute atomic E-state index is 0.861. The van der Waals surface area contributed by atoms with Gasteiger partial charge in [-0.15, -0.1) is 0 Å². The SMILES string of the molecule is Cc1cccc2ccc3cccc(-c4cccc5ccc6cc(-c7ccc(-c8ccc(-c9cncc(-c%10ccccc%10)n9)cc8)c8ccccc78)ccc6c45)c3c12. The van der Waals surface area contributed by atoms with E-state index in [1.807, 2.05) is 30.6 Å². The number of aromatic nitrogens is 2. The monoisotopic (exact) mass is 724 g/mol. The lowest BCUT2D eigenvalue weighted by atomic mass is 9.87. The number of hydrogen-bond acceptors (Lipinski definition) is 2. The van der Waals surface area contributed by atoms with Gasteiger partial charge in [0.1, 0.15) is 0 Å². The molecule has 11 rings (SSSR count). The van der Waals surface area contributed by atoms with E-state index in [0.29, 0.717) is 0 Å². The molecule has 0 aliphatic rings. The molecule has 0 aliphatic heterocycles. The third-order valence-electron chi connectivity index (χ3n) is 11.7. The van der Waals surface area contributed by atoms with Gasteiger partial charge in [0.2, 0.25) is 0 Å². The normalized spacial score (nSPS) is 11.6. The molecule has 0 fully saturated rings. The van der Waals surface area contributed by atoms with Gasteiger partial charge in [-0.05, 0) is 106 Å². The summed E-state index contributed by atoms with van der Waals surface area (Å²) in [6.45, 7) is 2.23. The average Bonchev–Trinajstić information content (AvgIpc) is 3.28. The molecule has 0 unspecified atom stereocenters. The van der Waals surface area contributed by atoms with E-state index < -0.39 is 0 Å². The Labute approximate surface area is 331 Å². The first-order valence-corrected chi connectivity index (χ1v) is 19.6. The molecule has 0 atom stereocenters. The first kappa shape index (κ1) is 33.0. The minimum Gasteiger partial charge on any atom is -0.260 e. The molecule has 57 heavy (non-hydrogen) atoms. The summed E-state index contributed by atoms with van der Waals surface area (Å²) < 4.78 is 0. The fraction of sp³-hybridized carbons (Fsp3) is 0.0182. The van der Waals surface area contributed by atoms with Crippen molar-refractivity contribution in [3.63, 3.8) is 0 Å². The zero-order valence-electron chi connectivity index (χ0n) is 31.4. The van der Waals surface area contributed by atoms with Crippen LogP contribution in [-0.2, 0) is 0 Å². The zero-order valence-corrected chi connectivity index (χ0v) is 31.4. The highest BCUT2D eigenvalue weighted by molar-refractivity contribution is 6.22. The first-order valence-electron chi connectivity index (χ1n) is 19.6. The molecule has 10 aromatic carbocycles. The molecule has 0 spiro atoms. The van der Waals surface area contributed by atoms with Crippen LogP contribution >= 0.6 is 0 Å². The predicted molar refractivity (Wildman–Crippen MR) is 241 cm³/mol. The maximum absolute atomic E-state index is 4.93. The third kappa shape index (κ3) is 5.57. The van der Waals surface area contributed by atoms with Crippen LogP contribution in [0.5, 0.6) is 0 Å². The zero-order chi connectivity index (χ0) is 37.9. The van der Waals surface area contributed by atoms with Crippen LogP contribution in [0.1, 0.15) is 5.56 Å². The van der Waals surface area contributed by atoms with E-state index >= 15 is 0 Å². The number of nitrogens with zero attached hydrogens (tertiary/aromatic N) is 2. The molecule has 0 bridgehead atoms. The minimum atomic E-state index is 0.861. The van der Waals surface area contributed by atoms with Crippen molar-refractivity contribution in [1.82, 2.24) is 9.97 Å². The van der Waals surface area contributed by atoms with Gasteiger partial charge in [-0.1, -0.05) is 182 Å². The standard InChI is InChI=1S/C55H36N2/c1-35-10-7-13-39-24-25-41-15-9-19-50(55(41)53(35)39)49-18-8-14-40-26-27-43-32-42(28-29-46(43)54(40)49)45-31-30-44(47-16-5-6-17-48(45)47)36-20-22-38(23-21-36)52-34-56-33-51(57-52)37-11-3-2-4-12-37/h2-34H,1H3. The Hall–Kier alpha value is -7.42. The summed E-state index contributed by atoms with van der Waals surface area (Å²) in [5.74, 6) is 0. The summed E-state index contributed by atoms with van der Waals surface area (Å²) in [6.07, 6.45) is 3.66. The summed E-state index contributed by atoms with van der Waals surface area (Å²) in [6, 6.07) is 68.5. The Morgan fingerprint density at radius 2 is 0.842 bits per heavy atom. The van der Waals surface area contributed by atoms with Crippen LogP contribution in [0, 0.1) is 6.92 Å². The van der Waals surface area contributed by atoms with Crippen LogP contribution < -0.4 is 0 Å². The van der Waals surface area contributed by atoms with Crippen molar-refractivity contribution in [1.29, 1.82) is 0 Å². The maximum Gasteiger partial charge on any atom is 0.0892 e. The Balaban J connectivity index is 1.00. The molecule has 0 amide bonds. The molecular weight excluding hydrogens is 689 g/mol. The van der Waals surface area contributed by atoms with E-state index in [1.165, 1.54) is 92.8 Å². The van der Waals surface area contributed by atoms with Crippen molar-refractivity contribution in [2.75, 3.05) is 0 Å². The highest BCUT2D eigenvalue weighted by atomic mass is 14.8. The van der Waals surface area contributed by atoms with Crippen LogP contribution in [-0.4, -0.2) is 9.97 Å². The summed E-state index contributed by atoms with van der Waals surface area (Å²) in [4.78, 5) is 9.44. The molecule has 0 aliphatic carbocycles. The molecule has 0 N–H and O–H groups in total. The predicted octanol–water partition coefficient (Wildman–Crippen LogP) is 14.9. The van der Waals surface area contributed by atoms with Crippen LogP contribution in [0.2, 0.25) is 0 Å². The van der Waals surface area contributed by atoms with Gasteiger partial charge in [0.05, 0.1) is 23.8 Å². The molecule has 1 aromatic heterocycles. The molecule has 0 radical (unpaired) electrons. The van der Waals surface area contributed by atoms with E-state index in [0.717, 1.165) is 22.5 Å². The van der Waals surface area contributed by atoms with Gasteiger partial charge < -0.3 is 0 Å². The summed E-state index contributed by atoms with van der Waals surface area (Å²) >= 11 is 0. The second-order valence-electron chi connectivity index (χ2n) is 15.0. The number of aryl methyl sites for hydroxylation is 1. The average molecular weight is 725 g/mol. The lowest BCUT2D eigenvalue weighted by Gasteiger charge is -2.16. The third-order valence-corrected chi connectivity index (χ3v) is 11.7. The Kier molecular flexibility index (Phi) is 7.75. The number of benzene rings is 10. The molecule has 1 heterocycles. The number of rotatable bonds is 5. The summed E-state index contributed by atoms with van der Waals surface area (Å²) in [5.41, 5.74) is 12.5. The van der Waals surface area contributed by atoms with E-state index in [1.54, 1.807) is 0 Å². The second-order valence-corrected chi connectivity index (χ2v) is 15.0. The van der Waals surface area contributed by atoms with Gasteiger partial charge >= 0.3 is 0 Å². The second kappa shape index (κ2) is 13.4. The molecular formula is C55H36N2. The largest absolute Gasteiger partial charge is 0.260 e. The molecule has 2 nitrogen and oxygen atoms in total. The number of hydrogen-bond donors (Lipinski definition) is 0. The Morgan fingerprint density at radius 3 is 1.54 bits per heavy atom. The van der Waals surface area contributed by atoms with Crippen molar-refractivity contribution in [3.8, 4) is 55.9 Å². The van der Waals surface area contributed by atoms with Gasteiger partial charge in [0.25, 0.3) is 0 Å². The van der Waals surface area contributed by atoms with Crippen molar-refractivity contribution < 1.29 is 0 Å². The Morgan fingerprint density at radius 1 is 0.316 bits per heavy atom. The van der Waals surface area contributed by atoms with Gasteiger partial charge in [-0.2, -0.15) is 0 Å². The van der Waals surface area contributed by atoms with Crippen molar-refractivity contribution >= 4 is 53.9 Å². The summed E-state index contributed by atoms with van der Waals surface area (Å²) in [5, 5.41) is 12.7. The van der Waals surface area contributed by atoms with Crippen LogP contribution in [0.4, 0.5) is 0 Å². The lowest BCUT2D eigenvalue weighted by Crippen LogP contribution is -1.91. The fourth-order valence-electron chi connectivity index (χ4n) is 8.95. The number of fused-ring (bicyclic) bond motifs is 7. The van der Waals surface area contributed by atoms with Gasteiger partial charge in [-0.3, -0.25) is 4.98 Å². The van der Waals surface area contributed by atoms with Crippen molar-refractivity contribution in [3.05, 3.63) is 206 Å². The van der Waals surface area contributed by atoms with Gasteiger partial charge in [0, 0.05) is 11.1 Å². The molecule has 2 heteroatoms. The molecule has 0 saturated heterocycles. The molecule has 11 aromatic rings.